The third-order valence-electron chi connectivity index (χ3n) is 4.14. The first-order chi connectivity index (χ1) is 13.1. The van der Waals surface area contributed by atoms with Crippen LogP contribution in [0.3, 0.4) is 0 Å². The van der Waals surface area contributed by atoms with Gasteiger partial charge in [0.1, 0.15) is 6.04 Å². The number of hydrogen-bond acceptors (Lipinski definition) is 5. The molecule has 0 spiro atoms. The van der Waals surface area contributed by atoms with Crippen molar-refractivity contribution in [2.75, 3.05) is 20.3 Å². The highest BCUT2D eigenvalue weighted by molar-refractivity contribution is 6.32. The molecule has 0 bridgehead atoms. The third-order valence-corrected chi connectivity index (χ3v) is 4.42. The lowest BCUT2D eigenvalue weighted by Gasteiger charge is -2.17. The number of nitrogens with one attached hydrogen (secondary N) is 1. The number of amides is 1. The lowest BCUT2D eigenvalue weighted by Crippen LogP contribution is -2.43. The van der Waals surface area contributed by atoms with Crippen LogP contribution in [-0.2, 0) is 16.0 Å². The van der Waals surface area contributed by atoms with Crippen LogP contribution >= 0.6 is 11.6 Å². The maximum Gasteiger partial charge on any atom is 0.328 e. The molecule has 0 radical (unpaired) electrons. The number of halogens is 1. The molecule has 1 amide bonds. The Labute approximate surface area is 162 Å². The second kappa shape index (κ2) is 8.77. The fourth-order valence-corrected chi connectivity index (χ4v) is 3.05. The number of fused-ring (bicyclic) bond motifs is 1. The quantitative estimate of drug-likeness (QED) is 0.796. The van der Waals surface area contributed by atoms with Crippen molar-refractivity contribution in [1.29, 1.82) is 0 Å². The maximum absolute atomic E-state index is 12.7. The Balaban J connectivity index is 1.80. The number of rotatable bonds is 5. The summed E-state index contributed by atoms with van der Waals surface area (Å²) in [5.74, 6) is -0.117. The Morgan fingerprint density at radius 3 is 2.67 bits per heavy atom. The van der Waals surface area contributed by atoms with Crippen molar-refractivity contribution in [2.45, 2.75) is 18.9 Å². The van der Waals surface area contributed by atoms with Crippen LogP contribution in [0, 0.1) is 0 Å². The molecular weight excluding hydrogens is 370 g/mol. The zero-order valence-electron chi connectivity index (χ0n) is 14.9. The van der Waals surface area contributed by atoms with Crippen LogP contribution in [0.5, 0.6) is 11.5 Å². The Kier molecular flexibility index (Phi) is 6.19. The molecule has 3 rings (SSSR count). The summed E-state index contributed by atoms with van der Waals surface area (Å²) in [7, 11) is 1.29. The molecule has 7 heteroatoms. The highest BCUT2D eigenvalue weighted by atomic mass is 35.5. The third kappa shape index (κ3) is 4.71. The first-order valence-electron chi connectivity index (χ1n) is 8.60. The highest BCUT2D eigenvalue weighted by Gasteiger charge is 2.24. The second-order valence-corrected chi connectivity index (χ2v) is 6.48. The van der Waals surface area contributed by atoms with E-state index in [-0.39, 0.29) is 10.6 Å². The van der Waals surface area contributed by atoms with Crippen LogP contribution in [0.25, 0.3) is 0 Å². The lowest BCUT2D eigenvalue weighted by atomic mass is 10.1. The van der Waals surface area contributed by atoms with Crippen LogP contribution in [0.1, 0.15) is 22.3 Å². The fraction of sp³-hybridized carbons (Fsp3) is 0.300. The summed E-state index contributed by atoms with van der Waals surface area (Å²) in [5.41, 5.74) is 1.19. The molecule has 142 valence electrons. The zero-order chi connectivity index (χ0) is 19.2. The molecule has 0 unspecified atom stereocenters. The van der Waals surface area contributed by atoms with Crippen molar-refractivity contribution in [3.8, 4) is 11.5 Å². The van der Waals surface area contributed by atoms with Gasteiger partial charge in [-0.15, -0.1) is 0 Å². The van der Waals surface area contributed by atoms with E-state index in [1.54, 1.807) is 6.07 Å². The predicted octanol–water partition coefficient (Wildman–Crippen LogP) is 3.02. The molecule has 1 N–H and O–H groups in total. The fourth-order valence-electron chi connectivity index (χ4n) is 2.79. The SMILES string of the molecule is COC(=O)[C@@H](Cc1ccccc1)NC(=O)c1cc(Cl)c2c(c1)OCCCO2. The van der Waals surface area contributed by atoms with Crippen LogP contribution in [0.2, 0.25) is 5.02 Å². The topological polar surface area (TPSA) is 73.9 Å². The Morgan fingerprint density at radius 1 is 1.19 bits per heavy atom. The zero-order valence-corrected chi connectivity index (χ0v) is 15.6. The Bertz CT molecular complexity index is 825. The van der Waals surface area contributed by atoms with E-state index in [0.717, 1.165) is 12.0 Å². The summed E-state index contributed by atoms with van der Waals surface area (Å²) in [4.78, 5) is 24.8. The average Bonchev–Trinajstić information content (AvgIpc) is 2.93. The van der Waals surface area contributed by atoms with Crippen molar-refractivity contribution in [2.24, 2.45) is 0 Å². The van der Waals surface area contributed by atoms with Gasteiger partial charge in [0.15, 0.2) is 11.5 Å². The molecule has 0 saturated heterocycles. The van der Waals surface area contributed by atoms with E-state index in [1.807, 2.05) is 30.3 Å². The van der Waals surface area contributed by atoms with Crippen LogP contribution in [0.15, 0.2) is 42.5 Å². The second-order valence-electron chi connectivity index (χ2n) is 6.07. The minimum Gasteiger partial charge on any atom is -0.489 e. The summed E-state index contributed by atoms with van der Waals surface area (Å²) in [6.45, 7) is 0.979. The van der Waals surface area contributed by atoms with Gasteiger partial charge < -0.3 is 19.5 Å². The number of hydrogen-bond donors (Lipinski definition) is 1. The lowest BCUT2D eigenvalue weighted by molar-refractivity contribution is -0.142. The minimum absolute atomic E-state index is 0.284. The molecule has 2 aromatic rings. The van der Waals surface area contributed by atoms with E-state index < -0.39 is 17.9 Å². The molecule has 27 heavy (non-hydrogen) atoms. The highest BCUT2D eigenvalue weighted by Crippen LogP contribution is 2.38. The van der Waals surface area contributed by atoms with Gasteiger partial charge in [0.25, 0.3) is 5.91 Å². The standard InChI is InChI=1S/C20H20ClNO5/c1-25-20(24)16(10-13-6-3-2-4-7-13)22-19(23)14-11-15(21)18-17(12-14)26-8-5-9-27-18/h2-4,6-7,11-12,16H,5,8-10H2,1H3,(H,22,23)/t16-/m1/s1. The molecule has 0 aromatic heterocycles. The van der Waals surface area contributed by atoms with E-state index in [2.05, 4.69) is 5.32 Å². The largest absolute Gasteiger partial charge is 0.489 e. The van der Waals surface area contributed by atoms with Crippen molar-refractivity contribution < 1.29 is 23.8 Å². The smallest absolute Gasteiger partial charge is 0.328 e. The summed E-state index contributed by atoms with van der Waals surface area (Å²) >= 11 is 6.24. The van der Waals surface area contributed by atoms with E-state index in [4.69, 9.17) is 25.8 Å². The van der Waals surface area contributed by atoms with Gasteiger partial charge in [-0.05, 0) is 17.7 Å². The Hall–Kier alpha value is -2.73. The number of methoxy groups -OCH3 is 1. The van der Waals surface area contributed by atoms with E-state index in [9.17, 15) is 9.59 Å². The number of carbonyl (C=O) groups excluding carboxylic acids is 2. The van der Waals surface area contributed by atoms with Gasteiger partial charge in [-0.25, -0.2) is 4.79 Å². The van der Waals surface area contributed by atoms with Gasteiger partial charge in [-0.3, -0.25) is 4.79 Å². The molecular formula is C20H20ClNO5. The van der Waals surface area contributed by atoms with Crippen molar-refractivity contribution in [3.63, 3.8) is 0 Å². The van der Waals surface area contributed by atoms with Gasteiger partial charge in [0.05, 0.1) is 25.3 Å². The molecule has 1 aliphatic heterocycles. The number of ether oxygens (including phenoxy) is 3. The first-order valence-corrected chi connectivity index (χ1v) is 8.98. The number of esters is 1. The molecule has 1 aliphatic rings. The maximum atomic E-state index is 12.7. The van der Waals surface area contributed by atoms with Gasteiger partial charge in [0, 0.05) is 18.4 Å². The molecule has 0 saturated carbocycles. The normalized spacial score (nSPS) is 14.0. The summed E-state index contributed by atoms with van der Waals surface area (Å²) < 4.78 is 16.0. The monoisotopic (exact) mass is 389 g/mol. The van der Waals surface area contributed by atoms with Crippen molar-refractivity contribution in [3.05, 3.63) is 58.6 Å². The van der Waals surface area contributed by atoms with E-state index in [1.165, 1.54) is 13.2 Å². The van der Waals surface area contributed by atoms with Gasteiger partial charge in [0.2, 0.25) is 0 Å². The van der Waals surface area contributed by atoms with Gasteiger partial charge in [-0.1, -0.05) is 41.9 Å². The predicted molar refractivity (Wildman–Crippen MR) is 100 cm³/mol. The van der Waals surface area contributed by atoms with Crippen LogP contribution in [0.4, 0.5) is 0 Å². The summed E-state index contributed by atoms with van der Waals surface area (Å²) in [6, 6.07) is 11.6. The van der Waals surface area contributed by atoms with Crippen molar-refractivity contribution in [1.82, 2.24) is 5.32 Å². The van der Waals surface area contributed by atoms with Crippen LogP contribution in [-0.4, -0.2) is 38.2 Å². The molecule has 1 atom stereocenters. The first kappa shape index (κ1) is 19.0. The van der Waals surface area contributed by atoms with E-state index in [0.29, 0.717) is 31.1 Å². The average molecular weight is 390 g/mol. The Morgan fingerprint density at radius 2 is 1.93 bits per heavy atom. The van der Waals surface area contributed by atoms with Crippen molar-refractivity contribution >= 4 is 23.5 Å². The van der Waals surface area contributed by atoms with Crippen LogP contribution < -0.4 is 14.8 Å². The molecule has 6 nitrogen and oxygen atoms in total. The summed E-state index contributed by atoms with van der Waals surface area (Å²) in [6.07, 6.45) is 1.05. The van der Waals surface area contributed by atoms with Gasteiger partial charge >= 0.3 is 5.97 Å². The number of carbonyl (C=O) groups is 2. The molecule has 1 heterocycles. The number of benzene rings is 2. The van der Waals surface area contributed by atoms with E-state index >= 15 is 0 Å². The van der Waals surface area contributed by atoms with Gasteiger partial charge in [-0.2, -0.15) is 0 Å². The molecule has 0 fully saturated rings. The molecule has 0 aliphatic carbocycles. The summed E-state index contributed by atoms with van der Waals surface area (Å²) in [5, 5.41) is 3.00. The molecule has 2 aromatic carbocycles. The minimum atomic E-state index is -0.820.